The minimum Gasteiger partial charge on any atom is -0.493 e. The second-order valence-electron chi connectivity index (χ2n) is 5.73. The minimum atomic E-state index is 0.395. The lowest BCUT2D eigenvalue weighted by atomic mass is 10.0. The summed E-state index contributed by atoms with van der Waals surface area (Å²) in [6.45, 7) is 4.11. The van der Waals surface area contributed by atoms with Crippen molar-refractivity contribution in [2.45, 2.75) is 32.2 Å². The van der Waals surface area contributed by atoms with Crippen LogP contribution in [0.4, 0.5) is 0 Å². The van der Waals surface area contributed by atoms with Gasteiger partial charge in [0.15, 0.2) is 0 Å². The average molecular weight is 281 g/mol. The fourth-order valence-corrected chi connectivity index (χ4v) is 2.85. The van der Waals surface area contributed by atoms with Crippen LogP contribution in [-0.2, 0) is 12.8 Å². The van der Waals surface area contributed by atoms with Crippen molar-refractivity contribution in [2.75, 3.05) is 13.2 Å². The lowest BCUT2D eigenvalue weighted by Crippen LogP contribution is -2.20. The Labute approximate surface area is 127 Å². The van der Waals surface area contributed by atoms with Crippen LogP contribution in [0.2, 0.25) is 0 Å². The van der Waals surface area contributed by atoms with Gasteiger partial charge in [0.25, 0.3) is 0 Å². The Morgan fingerprint density at radius 3 is 2.86 bits per heavy atom. The number of ether oxygens (including phenoxy) is 1. The molecule has 0 aliphatic carbocycles. The molecule has 0 saturated heterocycles. The topological polar surface area (TPSA) is 21.3 Å². The zero-order valence-electron chi connectivity index (χ0n) is 12.6. The van der Waals surface area contributed by atoms with E-state index < -0.39 is 0 Å². The molecule has 1 aliphatic heterocycles. The molecule has 1 heterocycles. The van der Waals surface area contributed by atoms with Crippen molar-refractivity contribution in [3.8, 4) is 5.75 Å². The monoisotopic (exact) mass is 281 g/mol. The van der Waals surface area contributed by atoms with Crippen LogP contribution in [0.5, 0.6) is 5.75 Å². The SMILES string of the molecule is CC(NCCCc1ccccc1)c1ccc2c(c1)CCO2. The highest BCUT2D eigenvalue weighted by Crippen LogP contribution is 2.28. The first-order valence-electron chi connectivity index (χ1n) is 7.86. The third kappa shape index (κ3) is 3.64. The Morgan fingerprint density at radius 2 is 2.00 bits per heavy atom. The van der Waals surface area contributed by atoms with Crippen molar-refractivity contribution in [2.24, 2.45) is 0 Å². The highest BCUT2D eigenvalue weighted by atomic mass is 16.5. The molecule has 0 radical (unpaired) electrons. The fourth-order valence-electron chi connectivity index (χ4n) is 2.85. The second-order valence-corrected chi connectivity index (χ2v) is 5.73. The maximum Gasteiger partial charge on any atom is 0.122 e. The van der Waals surface area contributed by atoms with Crippen molar-refractivity contribution in [3.63, 3.8) is 0 Å². The number of aryl methyl sites for hydroxylation is 1. The molecule has 0 spiro atoms. The quantitative estimate of drug-likeness (QED) is 0.811. The molecule has 2 nitrogen and oxygen atoms in total. The van der Waals surface area contributed by atoms with Crippen molar-refractivity contribution >= 4 is 0 Å². The predicted octanol–water partition coefficient (Wildman–Crippen LogP) is 3.90. The van der Waals surface area contributed by atoms with Crippen LogP contribution >= 0.6 is 0 Å². The molecule has 1 aliphatic rings. The Hall–Kier alpha value is -1.80. The van der Waals surface area contributed by atoms with Gasteiger partial charge in [0, 0.05) is 12.5 Å². The Morgan fingerprint density at radius 1 is 1.14 bits per heavy atom. The molecule has 1 atom stereocenters. The van der Waals surface area contributed by atoms with E-state index in [1.165, 1.54) is 23.1 Å². The van der Waals surface area contributed by atoms with Crippen LogP contribution in [0.1, 0.15) is 36.1 Å². The van der Waals surface area contributed by atoms with Gasteiger partial charge >= 0.3 is 0 Å². The molecule has 2 aromatic rings. The molecular weight excluding hydrogens is 258 g/mol. The number of benzene rings is 2. The lowest BCUT2D eigenvalue weighted by Gasteiger charge is -2.15. The third-order valence-corrected chi connectivity index (χ3v) is 4.15. The number of hydrogen-bond donors (Lipinski definition) is 1. The maximum absolute atomic E-state index is 5.56. The summed E-state index contributed by atoms with van der Waals surface area (Å²) < 4.78 is 5.56. The van der Waals surface area contributed by atoms with E-state index in [9.17, 15) is 0 Å². The van der Waals surface area contributed by atoms with E-state index in [-0.39, 0.29) is 0 Å². The Bertz CT molecular complexity index is 579. The molecule has 2 heteroatoms. The zero-order valence-corrected chi connectivity index (χ0v) is 12.6. The summed E-state index contributed by atoms with van der Waals surface area (Å²) in [5.74, 6) is 1.06. The van der Waals surface area contributed by atoms with Gasteiger partial charge in [0.2, 0.25) is 0 Å². The van der Waals surface area contributed by atoms with Gasteiger partial charge < -0.3 is 10.1 Å². The second kappa shape index (κ2) is 6.77. The summed E-state index contributed by atoms with van der Waals surface area (Å²) in [5, 5.41) is 3.62. The highest BCUT2D eigenvalue weighted by molar-refractivity contribution is 5.40. The van der Waals surface area contributed by atoms with Gasteiger partial charge in [0.05, 0.1) is 6.61 Å². The first-order chi connectivity index (χ1) is 10.3. The molecule has 0 amide bonds. The molecular formula is C19H23NO. The van der Waals surface area contributed by atoms with Gasteiger partial charge in [-0.1, -0.05) is 42.5 Å². The van der Waals surface area contributed by atoms with Crippen molar-refractivity contribution in [1.29, 1.82) is 0 Å². The summed E-state index contributed by atoms with van der Waals surface area (Å²) in [4.78, 5) is 0. The zero-order chi connectivity index (χ0) is 14.5. The van der Waals surface area contributed by atoms with Crippen LogP contribution in [0, 0.1) is 0 Å². The van der Waals surface area contributed by atoms with E-state index in [2.05, 4.69) is 60.8 Å². The van der Waals surface area contributed by atoms with Gasteiger partial charge in [-0.05, 0) is 49.1 Å². The van der Waals surface area contributed by atoms with E-state index in [0.717, 1.165) is 31.7 Å². The lowest BCUT2D eigenvalue weighted by molar-refractivity contribution is 0.356. The third-order valence-electron chi connectivity index (χ3n) is 4.15. The first-order valence-corrected chi connectivity index (χ1v) is 7.86. The van der Waals surface area contributed by atoms with Crippen LogP contribution in [0.15, 0.2) is 48.5 Å². The largest absolute Gasteiger partial charge is 0.493 e. The van der Waals surface area contributed by atoms with Crippen molar-refractivity contribution in [3.05, 3.63) is 65.2 Å². The van der Waals surface area contributed by atoms with Crippen LogP contribution in [-0.4, -0.2) is 13.2 Å². The smallest absolute Gasteiger partial charge is 0.122 e. The maximum atomic E-state index is 5.56. The van der Waals surface area contributed by atoms with Crippen molar-refractivity contribution in [1.82, 2.24) is 5.32 Å². The summed E-state index contributed by atoms with van der Waals surface area (Å²) in [5.41, 5.74) is 4.13. The van der Waals surface area contributed by atoms with E-state index in [1.54, 1.807) is 0 Å². The molecule has 21 heavy (non-hydrogen) atoms. The van der Waals surface area contributed by atoms with E-state index >= 15 is 0 Å². The molecule has 3 rings (SSSR count). The van der Waals surface area contributed by atoms with E-state index in [0.29, 0.717) is 6.04 Å². The van der Waals surface area contributed by atoms with Gasteiger partial charge in [-0.3, -0.25) is 0 Å². The van der Waals surface area contributed by atoms with Gasteiger partial charge in [0.1, 0.15) is 5.75 Å². The molecule has 0 aromatic heterocycles. The fraction of sp³-hybridized carbons (Fsp3) is 0.368. The number of nitrogens with one attached hydrogen (secondary N) is 1. The molecule has 1 N–H and O–H groups in total. The highest BCUT2D eigenvalue weighted by Gasteiger charge is 2.14. The molecule has 0 saturated carbocycles. The van der Waals surface area contributed by atoms with Crippen LogP contribution in [0.25, 0.3) is 0 Å². The van der Waals surface area contributed by atoms with Crippen molar-refractivity contribution < 1.29 is 4.74 Å². The summed E-state index contributed by atoms with van der Waals surface area (Å²) in [7, 11) is 0. The van der Waals surface area contributed by atoms with Crippen LogP contribution < -0.4 is 10.1 Å². The number of hydrogen-bond acceptors (Lipinski definition) is 2. The summed E-state index contributed by atoms with van der Waals surface area (Å²) in [6, 6.07) is 17.7. The van der Waals surface area contributed by atoms with E-state index in [4.69, 9.17) is 4.74 Å². The molecule has 0 bridgehead atoms. The van der Waals surface area contributed by atoms with Gasteiger partial charge in [-0.25, -0.2) is 0 Å². The average Bonchev–Trinajstić information content (AvgIpc) is 3.00. The molecule has 110 valence electrons. The number of rotatable bonds is 6. The molecule has 0 fully saturated rings. The minimum absolute atomic E-state index is 0.395. The predicted molar refractivity (Wildman–Crippen MR) is 86.8 cm³/mol. The Balaban J connectivity index is 1.47. The van der Waals surface area contributed by atoms with Gasteiger partial charge in [-0.15, -0.1) is 0 Å². The summed E-state index contributed by atoms with van der Waals surface area (Å²) >= 11 is 0. The van der Waals surface area contributed by atoms with E-state index in [1.807, 2.05) is 0 Å². The normalized spacial score (nSPS) is 14.5. The van der Waals surface area contributed by atoms with Crippen LogP contribution in [0.3, 0.4) is 0 Å². The molecule has 2 aromatic carbocycles. The summed E-state index contributed by atoms with van der Waals surface area (Å²) in [6.07, 6.45) is 3.35. The first kappa shape index (κ1) is 14.2. The number of fused-ring (bicyclic) bond motifs is 1. The molecule has 1 unspecified atom stereocenters. The standard InChI is InChI=1S/C19H23NO/c1-15(17-9-10-19-18(14-17)11-13-21-19)20-12-5-8-16-6-3-2-4-7-16/h2-4,6-7,9-10,14-15,20H,5,8,11-13H2,1H3. The van der Waals surface area contributed by atoms with Gasteiger partial charge in [-0.2, -0.15) is 0 Å². The Kier molecular flexibility index (Phi) is 4.56.